The number of nitrogens with one attached hydrogen (secondary N) is 1. The Bertz CT molecular complexity index is 473. The summed E-state index contributed by atoms with van der Waals surface area (Å²) in [5.74, 6) is 0. The van der Waals surface area contributed by atoms with Crippen LogP contribution >= 0.6 is 0 Å². The first-order valence-electron chi connectivity index (χ1n) is 5.92. The lowest BCUT2D eigenvalue weighted by Gasteiger charge is -2.15. The maximum Gasteiger partial charge on any atom is 0.0641 e. The average molecular weight is 229 g/mol. The SMILES string of the molecule is CNC(Cc1ccccc1)c1cn(C)nc1C. The molecule has 0 amide bonds. The fraction of sp³-hybridized carbons (Fsp3) is 0.357. The topological polar surface area (TPSA) is 29.9 Å². The Morgan fingerprint density at radius 3 is 2.53 bits per heavy atom. The molecule has 0 fully saturated rings. The molecule has 0 aliphatic carbocycles. The molecule has 90 valence electrons. The van der Waals surface area contributed by atoms with Gasteiger partial charge in [0.1, 0.15) is 0 Å². The highest BCUT2D eigenvalue weighted by Crippen LogP contribution is 2.20. The van der Waals surface area contributed by atoms with Gasteiger partial charge in [-0.05, 0) is 26.0 Å². The van der Waals surface area contributed by atoms with Crippen LogP contribution in [0.15, 0.2) is 36.5 Å². The number of hydrogen-bond acceptors (Lipinski definition) is 2. The van der Waals surface area contributed by atoms with E-state index in [4.69, 9.17) is 0 Å². The van der Waals surface area contributed by atoms with Crippen molar-refractivity contribution in [3.63, 3.8) is 0 Å². The summed E-state index contributed by atoms with van der Waals surface area (Å²) in [5, 5.41) is 7.77. The van der Waals surface area contributed by atoms with E-state index in [-0.39, 0.29) is 0 Å². The third-order valence-electron chi connectivity index (χ3n) is 3.06. The number of benzene rings is 1. The summed E-state index contributed by atoms with van der Waals surface area (Å²) in [7, 11) is 3.96. The second-order valence-corrected chi connectivity index (χ2v) is 4.37. The van der Waals surface area contributed by atoms with Crippen molar-refractivity contribution in [3.8, 4) is 0 Å². The monoisotopic (exact) mass is 229 g/mol. The fourth-order valence-corrected chi connectivity index (χ4v) is 2.18. The molecule has 0 saturated heterocycles. The zero-order valence-electron chi connectivity index (χ0n) is 10.6. The van der Waals surface area contributed by atoms with Crippen molar-refractivity contribution in [2.75, 3.05) is 7.05 Å². The second-order valence-electron chi connectivity index (χ2n) is 4.37. The Hall–Kier alpha value is -1.61. The molecule has 1 aromatic carbocycles. The van der Waals surface area contributed by atoms with Gasteiger partial charge in [0.05, 0.1) is 5.69 Å². The normalized spacial score (nSPS) is 12.6. The van der Waals surface area contributed by atoms with Crippen molar-refractivity contribution in [1.82, 2.24) is 15.1 Å². The molecule has 17 heavy (non-hydrogen) atoms. The van der Waals surface area contributed by atoms with Crippen LogP contribution in [0.25, 0.3) is 0 Å². The third-order valence-corrected chi connectivity index (χ3v) is 3.06. The molecule has 2 aromatic rings. The van der Waals surface area contributed by atoms with Crippen LogP contribution in [0, 0.1) is 6.92 Å². The minimum absolute atomic E-state index is 0.325. The van der Waals surface area contributed by atoms with Gasteiger partial charge in [-0.2, -0.15) is 5.10 Å². The van der Waals surface area contributed by atoms with Crippen molar-refractivity contribution in [3.05, 3.63) is 53.3 Å². The zero-order valence-corrected chi connectivity index (χ0v) is 10.6. The van der Waals surface area contributed by atoms with Gasteiger partial charge in [-0.25, -0.2) is 0 Å². The predicted octanol–water partition coefficient (Wildman–Crippen LogP) is 2.23. The van der Waals surface area contributed by atoms with Crippen molar-refractivity contribution in [2.24, 2.45) is 7.05 Å². The first kappa shape index (κ1) is 11.9. The molecule has 0 bridgehead atoms. The summed E-state index contributed by atoms with van der Waals surface area (Å²) in [6, 6.07) is 10.9. The van der Waals surface area contributed by atoms with Crippen molar-refractivity contribution < 1.29 is 0 Å². The lowest BCUT2D eigenvalue weighted by Crippen LogP contribution is -2.19. The quantitative estimate of drug-likeness (QED) is 0.871. The van der Waals surface area contributed by atoms with E-state index >= 15 is 0 Å². The summed E-state index contributed by atoms with van der Waals surface area (Å²) in [5.41, 5.74) is 3.72. The number of aromatic nitrogens is 2. The smallest absolute Gasteiger partial charge is 0.0641 e. The number of likely N-dealkylation sites (N-methyl/N-ethyl adjacent to an activating group) is 1. The molecule has 1 N–H and O–H groups in total. The van der Waals surface area contributed by atoms with E-state index in [1.54, 1.807) is 0 Å². The Morgan fingerprint density at radius 2 is 2.00 bits per heavy atom. The first-order valence-corrected chi connectivity index (χ1v) is 5.92. The predicted molar refractivity (Wildman–Crippen MR) is 69.9 cm³/mol. The summed E-state index contributed by atoms with van der Waals surface area (Å²) >= 11 is 0. The average Bonchev–Trinajstić information content (AvgIpc) is 2.67. The number of nitrogens with zero attached hydrogens (tertiary/aromatic N) is 2. The summed E-state index contributed by atoms with van der Waals surface area (Å²) in [6.45, 7) is 2.06. The van der Waals surface area contributed by atoms with E-state index in [9.17, 15) is 0 Å². The van der Waals surface area contributed by atoms with Gasteiger partial charge >= 0.3 is 0 Å². The number of hydrogen-bond donors (Lipinski definition) is 1. The molecule has 1 heterocycles. The summed E-state index contributed by atoms with van der Waals surface area (Å²) in [4.78, 5) is 0. The van der Waals surface area contributed by atoms with Crippen LogP contribution in [0.3, 0.4) is 0 Å². The second kappa shape index (κ2) is 5.15. The summed E-state index contributed by atoms with van der Waals surface area (Å²) in [6.07, 6.45) is 3.09. The third kappa shape index (κ3) is 2.74. The maximum atomic E-state index is 4.40. The molecule has 0 spiro atoms. The molecule has 3 nitrogen and oxygen atoms in total. The van der Waals surface area contributed by atoms with Crippen LogP contribution in [0.1, 0.15) is 22.9 Å². The van der Waals surface area contributed by atoms with E-state index in [0.29, 0.717) is 6.04 Å². The molecular weight excluding hydrogens is 210 g/mol. The van der Waals surface area contributed by atoms with Crippen LogP contribution in [-0.2, 0) is 13.5 Å². The van der Waals surface area contributed by atoms with Crippen LogP contribution in [-0.4, -0.2) is 16.8 Å². The Balaban J connectivity index is 2.20. The molecule has 3 heteroatoms. The van der Waals surface area contributed by atoms with E-state index in [1.165, 1.54) is 11.1 Å². The molecule has 1 aromatic heterocycles. The highest BCUT2D eigenvalue weighted by atomic mass is 15.3. The molecule has 0 aliphatic rings. The first-order chi connectivity index (χ1) is 8.20. The van der Waals surface area contributed by atoms with Gasteiger partial charge in [0.2, 0.25) is 0 Å². The Morgan fingerprint density at radius 1 is 1.29 bits per heavy atom. The Labute approximate surface area is 102 Å². The molecule has 0 aliphatic heterocycles. The lowest BCUT2D eigenvalue weighted by atomic mass is 10.00. The molecule has 0 radical (unpaired) electrons. The molecule has 1 unspecified atom stereocenters. The molecule has 2 rings (SSSR count). The van der Waals surface area contributed by atoms with Gasteiger partial charge in [-0.15, -0.1) is 0 Å². The number of rotatable bonds is 4. The van der Waals surface area contributed by atoms with E-state index in [0.717, 1.165) is 12.1 Å². The summed E-state index contributed by atoms with van der Waals surface area (Å²) < 4.78 is 1.88. The maximum absolute atomic E-state index is 4.40. The Kier molecular flexibility index (Phi) is 3.59. The van der Waals surface area contributed by atoms with Crippen LogP contribution < -0.4 is 5.32 Å². The standard InChI is InChI=1S/C14H19N3/c1-11-13(10-17(3)16-11)14(15-2)9-12-7-5-4-6-8-12/h4-8,10,14-15H,9H2,1-3H3. The highest BCUT2D eigenvalue weighted by molar-refractivity contribution is 5.24. The van der Waals surface area contributed by atoms with Crippen LogP contribution in [0.5, 0.6) is 0 Å². The minimum Gasteiger partial charge on any atom is -0.313 e. The van der Waals surface area contributed by atoms with Gasteiger partial charge < -0.3 is 5.32 Å². The van der Waals surface area contributed by atoms with Gasteiger partial charge in [-0.1, -0.05) is 30.3 Å². The minimum atomic E-state index is 0.325. The highest BCUT2D eigenvalue weighted by Gasteiger charge is 2.14. The van der Waals surface area contributed by atoms with E-state index < -0.39 is 0 Å². The largest absolute Gasteiger partial charge is 0.313 e. The van der Waals surface area contributed by atoms with E-state index in [1.807, 2.05) is 24.8 Å². The van der Waals surface area contributed by atoms with Crippen molar-refractivity contribution in [1.29, 1.82) is 0 Å². The zero-order chi connectivity index (χ0) is 12.3. The van der Waals surface area contributed by atoms with Crippen LogP contribution in [0.2, 0.25) is 0 Å². The molecule has 1 atom stereocenters. The van der Waals surface area contributed by atoms with Gasteiger partial charge in [0, 0.05) is 24.8 Å². The fourth-order valence-electron chi connectivity index (χ4n) is 2.18. The van der Waals surface area contributed by atoms with Gasteiger partial charge in [-0.3, -0.25) is 4.68 Å². The molecular formula is C14H19N3. The van der Waals surface area contributed by atoms with Crippen molar-refractivity contribution in [2.45, 2.75) is 19.4 Å². The number of aryl methyl sites for hydroxylation is 2. The van der Waals surface area contributed by atoms with Gasteiger partial charge in [0.25, 0.3) is 0 Å². The van der Waals surface area contributed by atoms with Crippen molar-refractivity contribution >= 4 is 0 Å². The van der Waals surface area contributed by atoms with E-state index in [2.05, 4.69) is 47.8 Å². The lowest BCUT2D eigenvalue weighted by molar-refractivity contribution is 0.588. The van der Waals surface area contributed by atoms with Gasteiger partial charge in [0.15, 0.2) is 0 Å². The molecule has 0 saturated carbocycles. The van der Waals surface area contributed by atoms with Crippen LogP contribution in [0.4, 0.5) is 0 Å².